The predicted octanol–water partition coefficient (Wildman–Crippen LogP) is 1.85. The van der Waals surface area contributed by atoms with E-state index in [-0.39, 0.29) is 29.1 Å². The Kier molecular flexibility index (Phi) is 6.55. The van der Waals surface area contributed by atoms with Crippen LogP contribution in [0.15, 0.2) is 6.20 Å². The van der Waals surface area contributed by atoms with Gasteiger partial charge in [-0.05, 0) is 13.8 Å². The molecule has 0 bridgehead atoms. The summed E-state index contributed by atoms with van der Waals surface area (Å²) in [4.78, 5) is 33.8. The molecule has 0 fully saturated rings. The Labute approximate surface area is 129 Å². The van der Waals surface area contributed by atoms with Gasteiger partial charge < -0.3 is 10.2 Å². The lowest BCUT2D eigenvalue weighted by molar-refractivity contribution is -0.129. The molecule has 0 saturated heterocycles. The molecule has 0 spiro atoms. The molecule has 0 unspecified atom stereocenters. The Bertz CT molecular complexity index is 516. The number of halogens is 1. The number of aromatic nitrogens is 2. The first-order chi connectivity index (χ1) is 9.90. The standard InChI is InChI=1S/C14H21ClN4O2/c1-5-19(6-2)11(20)8-17-14(21)12-10(15)7-16-13(18-12)9(3)4/h7,9H,5-6,8H2,1-4H3,(H,17,21). The van der Waals surface area contributed by atoms with Gasteiger partial charge >= 0.3 is 0 Å². The van der Waals surface area contributed by atoms with Gasteiger partial charge in [-0.25, -0.2) is 9.97 Å². The van der Waals surface area contributed by atoms with Crippen molar-refractivity contribution in [3.8, 4) is 0 Å². The van der Waals surface area contributed by atoms with Gasteiger partial charge in [-0.15, -0.1) is 0 Å². The summed E-state index contributed by atoms with van der Waals surface area (Å²) in [6.45, 7) is 8.77. The van der Waals surface area contributed by atoms with E-state index >= 15 is 0 Å². The van der Waals surface area contributed by atoms with Crippen LogP contribution in [0.2, 0.25) is 5.02 Å². The number of nitrogens with zero attached hydrogens (tertiary/aromatic N) is 3. The van der Waals surface area contributed by atoms with E-state index in [1.54, 1.807) is 4.90 Å². The van der Waals surface area contributed by atoms with Crippen LogP contribution in [0.4, 0.5) is 0 Å². The normalized spacial score (nSPS) is 10.6. The number of hydrogen-bond donors (Lipinski definition) is 1. The summed E-state index contributed by atoms with van der Waals surface area (Å²) in [6.07, 6.45) is 1.41. The van der Waals surface area contributed by atoms with Gasteiger partial charge in [0.15, 0.2) is 0 Å². The van der Waals surface area contributed by atoms with E-state index in [4.69, 9.17) is 11.6 Å². The Morgan fingerprint density at radius 3 is 2.48 bits per heavy atom. The first-order valence-corrected chi connectivity index (χ1v) is 7.36. The first kappa shape index (κ1) is 17.4. The zero-order chi connectivity index (χ0) is 16.0. The fourth-order valence-corrected chi connectivity index (χ4v) is 1.92. The second-order valence-corrected chi connectivity index (χ2v) is 5.24. The average molecular weight is 313 g/mol. The van der Waals surface area contributed by atoms with E-state index in [2.05, 4.69) is 15.3 Å². The molecule has 1 aromatic heterocycles. The second-order valence-electron chi connectivity index (χ2n) is 4.83. The number of rotatable bonds is 6. The second kappa shape index (κ2) is 7.93. The van der Waals surface area contributed by atoms with Crippen LogP contribution < -0.4 is 5.32 Å². The Morgan fingerprint density at radius 2 is 1.95 bits per heavy atom. The van der Waals surface area contributed by atoms with Crippen molar-refractivity contribution < 1.29 is 9.59 Å². The summed E-state index contributed by atoms with van der Waals surface area (Å²) < 4.78 is 0. The molecule has 0 aliphatic heterocycles. The minimum absolute atomic E-state index is 0.0716. The third kappa shape index (κ3) is 4.67. The van der Waals surface area contributed by atoms with Crippen LogP contribution >= 0.6 is 11.6 Å². The highest BCUT2D eigenvalue weighted by Crippen LogP contribution is 2.16. The maximum atomic E-state index is 12.1. The van der Waals surface area contributed by atoms with E-state index in [1.807, 2.05) is 27.7 Å². The van der Waals surface area contributed by atoms with Crippen LogP contribution in [-0.2, 0) is 4.79 Å². The third-order valence-corrected chi connectivity index (χ3v) is 3.29. The molecule has 1 aromatic rings. The molecule has 1 N–H and O–H groups in total. The molecule has 0 aliphatic rings. The monoisotopic (exact) mass is 312 g/mol. The van der Waals surface area contributed by atoms with Gasteiger partial charge in [0, 0.05) is 19.0 Å². The average Bonchev–Trinajstić information content (AvgIpc) is 2.46. The minimum atomic E-state index is -0.468. The van der Waals surface area contributed by atoms with E-state index in [1.165, 1.54) is 6.20 Å². The van der Waals surface area contributed by atoms with Crippen LogP contribution in [0.5, 0.6) is 0 Å². The minimum Gasteiger partial charge on any atom is -0.342 e. The topological polar surface area (TPSA) is 75.2 Å². The molecular formula is C14H21ClN4O2. The third-order valence-electron chi connectivity index (χ3n) is 3.01. The van der Waals surface area contributed by atoms with E-state index in [0.29, 0.717) is 18.9 Å². The Hall–Kier alpha value is -1.69. The molecule has 0 atom stereocenters. The molecule has 7 heteroatoms. The summed E-state index contributed by atoms with van der Waals surface area (Å²) in [5.74, 6) is 0.0261. The van der Waals surface area contributed by atoms with Crippen LogP contribution in [-0.4, -0.2) is 46.3 Å². The van der Waals surface area contributed by atoms with Gasteiger partial charge in [0.1, 0.15) is 11.5 Å². The maximum Gasteiger partial charge on any atom is 0.272 e. The van der Waals surface area contributed by atoms with Crippen molar-refractivity contribution in [2.24, 2.45) is 0 Å². The van der Waals surface area contributed by atoms with Crippen LogP contribution in [0.1, 0.15) is 49.9 Å². The molecule has 6 nitrogen and oxygen atoms in total. The molecule has 1 rings (SSSR count). The van der Waals surface area contributed by atoms with Gasteiger partial charge in [-0.3, -0.25) is 9.59 Å². The zero-order valence-electron chi connectivity index (χ0n) is 12.8. The van der Waals surface area contributed by atoms with E-state index in [0.717, 1.165) is 0 Å². The molecule has 1 heterocycles. The highest BCUT2D eigenvalue weighted by Gasteiger charge is 2.17. The number of likely N-dealkylation sites (N-methyl/N-ethyl adjacent to an activating group) is 1. The van der Waals surface area contributed by atoms with Gasteiger partial charge in [-0.1, -0.05) is 25.4 Å². The van der Waals surface area contributed by atoms with Gasteiger partial charge in [0.2, 0.25) is 5.91 Å². The molecule has 21 heavy (non-hydrogen) atoms. The fraction of sp³-hybridized carbons (Fsp3) is 0.571. The van der Waals surface area contributed by atoms with Crippen molar-refractivity contribution in [2.45, 2.75) is 33.6 Å². The summed E-state index contributed by atoms with van der Waals surface area (Å²) in [5.41, 5.74) is 0.0997. The Balaban J connectivity index is 2.76. The number of amides is 2. The predicted molar refractivity (Wildman–Crippen MR) is 81.4 cm³/mol. The Morgan fingerprint density at radius 1 is 1.33 bits per heavy atom. The summed E-state index contributed by atoms with van der Waals surface area (Å²) in [5, 5.41) is 2.72. The van der Waals surface area contributed by atoms with Crippen molar-refractivity contribution in [1.82, 2.24) is 20.2 Å². The summed E-state index contributed by atoms with van der Waals surface area (Å²) in [7, 11) is 0. The molecular weight excluding hydrogens is 292 g/mol. The van der Waals surface area contributed by atoms with Crippen LogP contribution in [0.25, 0.3) is 0 Å². The highest BCUT2D eigenvalue weighted by molar-refractivity contribution is 6.33. The SMILES string of the molecule is CCN(CC)C(=O)CNC(=O)c1nc(C(C)C)ncc1Cl. The van der Waals surface area contributed by atoms with Gasteiger partial charge in [0.05, 0.1) is 17.8 Å². The van der Waals surface area contributed by atoms with Crippen molar-refractivity contribution >= 4 is 23.4 Å². The smallest absolute Gasteiger partial charge is 0.272 e. The molecule has 116 valence electrons. The summed E-state index contributed by atoms with van der Waals surface area (Å²) >= 11 is 5.95. The largest absolute Gasteiger partial charge is 0.342 e. The van der Waals surface area contributed by atoms with Crippen LogP contribution in [0, 0.1) is 0 Å². The van der Waals surface area contributed by atoms with Crippen LogP contribution in [0.3, 0.4) is 0 Å². The van der Waals surface area contributed by atoms with Gasteiger partial charge in [0.25, 0.3) is 5.91 Å². The zero-order valence-corrected chi connectivity index (χ0v) is 13.6. The number of carbonyl (C=O) groups is 2. The lowest BCUT2D eigenvalue weighted by atomic mass is 10.2. The fourth-order valence-electron chi connectivity index (χ4n) is 1.75. The molecule has 0 saturated carbocycles. The molecule has 0 aliphatic carbocycles. The molecule has 0 radical (unpaired) electrons. The first-order valence-electron chi connectivity index (χ1n) is 6.99. The van der Waals surface area contributed by atoms with E-state index < -0.39 is 5.91 Å². The molecule has 0 aromatic carbocycles. The summed E-state index contributed by atoms with van der Waals surface area (Å²) in [6, 6.07) is 0. The van der Waals surface area contributed by atoms with Crippen molar-refractivity contribution in [3.63, 3.8) is 0 Å². The van der Waals surface area contributed by atoms with Gasteiger partial charge in [-0.2, -0.15) is 0 Å². The lowest BCUT2D eigenvalue weighted by Gasteiger charge is -2.18. The molecule has 2 amide bonds. The van der Waals surface area contributed by atoms with Crippen molar-refractivity contribution in [2.75, 3.05) is 19.6 Å². The lowest BCUT2D eigenvalue weighted by Crippen LogP contribution is -2.40. The van der Waals surface area contributed by atoms with Crippen molar-refractivity contribution in [3.05, 3.63) is 22.7 Å². The number of hydrogen-bond acceptors (Lipinski definition) is 4. The number of nitrogens with one attached hydrogen (secondary N) is 1. The van der Waals surface area contributed by atoms with Crippen molar-refractivity contribution in [1.29, 1.82) is 0 Å². The maximum absolute atomic E-state index is 12.1. The highest BCUT2D eigenvalue weighted by atomic mass is 35.5. The quantitative estimate of drug-likeness (QED) is 0.870. The number of carbonyl (C=O) groups excluding carboxylic acids is 2. The van der Waals surface area contributed by atoms with E-state index in [9.17, 15) is 9.59 Å².